The summed E-state index contributed by atoms with van der Waals surface area (Å²) in [4.78, 5) is 17.1. The highest BCUT2D eigenvalue weighted by atomic mass is 32.1. The maximum absolute atomic E-state index is 11.9. The van der Waals surface area contributed by atoms with Gasteiger partial charge in [-0.3, -0.25) is 4.79 Å². The minimum absolute atomic E-state index is 0.0914. The Labute approximate surface area is 110 Å². The Balaban J connectivity index is 1.92. The van der Waals surface area contributed by atoms with Crippen LogP contribution in [0.1, 0.15) is 22.2 Å². The molecule has 2 heterocycles. The number of nitrogens with two attached hydrogens (primary N) is 1. The number of carbonyl (C=O) groups excluding carboxylic acids is 1. The summed E-state index contributed by atoms with van der Waals surface area (Å²) in [5.41, 5.74) is 6.01. The van der Waals surface area contributed by atoms with Crippen molar-refractivity contribution in [3.05, 3.63) is 46.3 Å². The first-order valence-electron chi connectivity index (χ1n) is 5.70. The smallest absolute Gasteiger partial charge is 0.253 e. The first kappa shape index (κ1) is 12.6. The molecule has 2 aromatic rings. The number of rotatable bonds is 4. The van der Waals surface area contributed by atoms with Gasteiger partial charge in [0.1, 0.15) is 5.82 Å². The van der Waals surface area contributed by atoms with Gasteiger partial charge >= 0.3 is 0 Å². The molecule has 0 saturated heterocycles. The van der Waals surface area contributed by atoms with E-state index in [-0.39, 0.29) is 11.9 Å². The Bertz CT molecular complexity index is 508. The minimum atomic E-state index is -0.119. The van der Waals surface area contributed by atoms with Gasteiger partial charge in [0.25, 0.3) is 5.91 Å². The second-order valence-electron chi connectivity index (χ2n) is 4.13. The summed E-state index contributed by atoms with van der Waals surface area (Å²) in [5, 5.41) is 4.98. The standard InChI is InChI=1S/C13H15N3OS/c1-9(7-11-3-2-6-18-11)16-13(17)10-4-5-12(14)15-8-10/h2-6,8-9H,7H2,1H3,(H2,14,15)(H,16,17). The number of carbonyl (C=O) groups is 1. The third-order valence-electron chi connectivity index (χ3n) is 2.51. The largest absolute Gasteiger partial charge is 0.384 e. The summed E-state index contributed by atoms with van der Waals surface area (Å²) < 4.78 is 0. The Morgan fingerprint density at radius 1 is 1.50 bits per heavy atom. The first-order valence-corrected chi connectivity index (χ1v) is 6.58. The van der Waals surface area contributed by atoms with E-state index in [1.807, 2.05) is 18.4 Å². The van der Waals surface area contributed by atoms with E-state index in [0.717, 1.165) is 6.42 Å². The molecule has 0 fully saturated rings. The van der Waals surface area contributed by atoms with Crippen LogP contribution in [0.15, 0.2) is 35.8 Å². The van der Waals surface area contributed by atoms with Crippen LogP contribution in [0.4, 0.5) is 5.82 Å². The highest BCUT2D eigenvalue weighted by Crippen LogP contribution is 2.11. The average molecular weight is 261 g/mol. The van der Waals surface area contributed by atoms with Crippen LogP contribution in [-0.2, 0) is 6.42 Å². The number of pyridine rings is 1. The van der Waals surface area contributed by atoms with Crippen LogP contribution >= 0.6 is 11.3 Å². The van der Waals surface area contributed by atoms with Crippen molar-refractivity contribution in [2.75, 3.05) is 5.73 Å². The van der Waals surface area contributed by atoms with Crippen LogP contribution in [-0.4, -0.2) is 16.9 Å². The van der Waals surface area contributed by atoms with Crippen molar-refractivity contribution in [3.63, 3.8) is 0 Å². The maximum Gasteiger partial charge on any atom is 0.253 e. The number of hydrogen-bond donors (Lipinski definition) is 2. The molecule has 0 saturated carbocycles. The molecular weight excluding hydrogens is 246 g/mol. The maximum atomic E-state index is 11.9. The summed E-state index contributed by atoms with van der Waals surface area (Å²) >= 11 is 1.70. The topological polar surface area (TPSA) is 68.0 Å². The third kappa shape index (κ3) is 3.30. The van der Waals surface area contributed by atoms with Crippen LogP contribution in [0.5, 0.6) is 0 Å². The van der Waals surface area contributed by atoms with Gasteiger partial charge in [-0.05, 0) is 30.5 Å². The van der Waals surface area contributed by atoms with Crippen LogP contribution in [0.2, 0.25) is 0 Å². The van der Waals surface area contributed by atoms with E-state index >= 15 is 0 Å². The van der Waals surface area contributed by atoms with Crippen LogP contribution < -0.4 is 11.1 Å². The number of aromatic nitrogens is 1. The predicted molar refractivity (Wildman–Crippen MR) is 73.6 cm³/mol. The van der Waals surface area contributed by atoms with Crippen molar-refractivity contribution in [3.8, 4) is 0 Å². The lowest BCUT2D eigenvalue weighted by Crippen LogP contribution is -2.33. The number of anilines is 1. The highest BCUT2D eigenvalue weighted by molar-refractivity contribution is 7.09. The van der Waals surface area contributed by atoms with Gasteiger partial charge in [0, 0.05) is 23.5 Å². The van der Waals surface area contributed by atoms with Gasteiger partial charge in [-0.1, -0.05) is 6.07 Å². The quantitative estimate of drug-likeness (QED) is 0.885. The number of nitrogen functional groups attached to an aromatic ring is 1. The summed E-state index contributed by atoms with van der Waals surface area (Å²) in [6.45, 7) is 1.99. The fourth-order valence-corrected chi connectivity index (χ4v) is 2.46. The zero-order valence-corrected chi connectivity index (χ0v) is 10.9. The zero-order valence-electron chi connectivity index (χ0n) is 10.1. The number of nitrogens with one attached hydrogen (secondary N) is 1. The number of amides is 1. The summed E-state index contributed by atoms with van der Waals surface area (Å²) in [6, 6.07) is 7.47. The molecule has 5 heteroatoms. The van der Waals surface area contributed by atoms with Crippen LogP contribution in [0, 0.1) is 0 Å². The summed E-state index contributed by atoms with van der Waals surface area (Å²) in [5.74, 6) is 0.296. The SMILES string of the molecule is CC(Cc1cccs1)NC(=O)c1ccc(N)nc1. The van der Waals surface area contributed by atoms with Crippen molar-refractivity contribution >= 4 is 23.1 Å². The lowest BCUT2D eigenvalue weighted by Gasteiger charge is -2.12. The fraction of sp³-hybridized carbons (Fsp3) is 0.231. The molecule has 3 N–H and O–H groups in total. The first-order chi connectivity index (χ1) is 8.65. The molecule has 1 amide bonds. The Hall–Kier alpha value is -1.88. The van der Waals surface area contributed by atoms with E-state index in [9.17, 15) is 4.79 Å². The molecule has 1 atom stereocenters. The van der Waals surface area contributed by atoms with E-state index in [2.05, 4.69) is 16.4 Å². The summed E-state index contributed by atoms with van der Waals surface area (Å²) in [6.07, 6.45) is 2.33. The Kier molecular flexibility index (Phi) is 3.94. The molecule has 2 rings (SSSR count). The van der Waals surface area contributed by atoms with E-state index in [4.69, 9.17) is 5.73 Å². The van der Waals surface area contributed by atoms with Crippen LogP contribution in [0.25, 0.3) is 0 Å². The van der Waals surface area contributed by atoms with Gasteiger partial charge < -0.3 is 11.1 Å². The second-order valence-corrected chi connectivity index (χ2v) is 5.16. The molecule has 0 aliphatic heterocycles. The monoisotopic (exact) mass is 261 g/mol. The van der Waals surface area contributed by atoms with Gasteiger partial charge in [-0.15, -0.1) is 11.3 Å². The number of nitrogens with zero attached hydrogens (tertiary/aromatic N) is 1. The van der Waals surface area contributed by atoms with Crippen LogP contribution in [0.3, 0.4) is 0 Å². The molecule has 0 aromatic carbocycles. The molecule has 0 bridgehead atoms. The van der Waals surface area contributed by atoms with Gasteiger partial charge in [0.05, 0.1) is 5.56 Å². The van der Waals surface area contributed by atoms with E-state index in [1.54, 1.807) is 23.5 Å². The van der Waals surface area contributed by atoms with Crippen molar-refractivity contribution < 1.29 is 4.79 Å². The highest BCUT2D eigenvalue weighted by Gasteiger charge is 2.10. The molecule has 1 unspecified atom stereocenters. The molecule has 2 aromatic heterocycles. The van der Waals surface area contributed by atoms with Gasteiger partial charge in [0.15, 0.2) is 0 Å². The normalized spacial score (nSPS) is 12.1. The van der Waals surface area contributed by atoms with Gasteiger partial charge in [-0.25, -0.2) is 4.98 Å². The van der Waals surface area contributed by atoms with Crippen molar-refractivity contribution in [2.24, 2.45) is 0 Å². The van der Waals surface area contributed by atoms with Gasteiger partial charge in [0.2, 0.25) is 0 Å². The van der Waals surface area contributed by atoms with Gasteiger partial charge in [-0.2, -0.15) is 0 Å². The molecule has 0 aliphatic rings. The molecule has 18 heavy (non-hydrogen) atoms. The minimum Gasteiger partial charge on any atom is -0.384 e. The number of thiophene rings is 1. The lowest BCUT2D eigenvalue weighted by molar-refractivity contribution is 0.0940. The third-order valence-corrected chi connectivity index (χ3v) is 3.41. The molecule has 4 nitrogen and oxygen atoms in total. The zero-order chi connectivity index (χ0) is 13.0. The second kappa shape index (κ2) is 5.64. The van der Waals surface area contributed by atoms with Crippen molar-refractivity contribution in [1.29, 1.82) is 0 Å². The van der Waals surface area contributed by atoms with E-state index in [0.29, 0.717) is 11.4 Å². The number of hydrogen-bond acceptors (Lipinski definition) is 4. The molecule has 94 valence electrons. The average Bonchev–Trinajstić information content (AvgIpc) is 2.82. The predicted octanol–water partition coefficient (Wildman–Crippen LogP) is 2.09. The molecular formula is C13H15N3OS. The summed E-state index contributed by atoms with van der Waals surface area (Å²) in [7, 11) is 0. The molecule has 0 aliphatic carbocycles. The Morgan fingerprint density at radius 2 is 2.33 bits per heavy atom. The molecule has 0 spiro atoms. The Morgan fingerprint density at radius 3 is 2.94 bits per heavy atom. The lowest BCUT2D eigenvalue weighted by atomic mass is 10.2. The van der Waals surface area contributed by atoms with E-state index < -0.39 is 0 Å². The van der Waals surface area contributed by atoms with Crippen molar-refractivity contribution in [2.45, 2.75) is 19.4 Å². The van der Waals surface area contributed by atoms with Crippen molar-refractivity contribution in [1.82, 2.24) is 10.3 Å². The molecule has 0 radical (unpaired) electrons. The van der Waals surface area contributed by atoms with E-state index in [1.165, 1.54) is 11.1 Å². The fourth-order valence-electron chi connectivity index (χ4n) is 1.63.